The number of nitrogens with zero attached hydrogens (tertiary/aromatic N) is 2. The Bertz CT molecular complexity index is 1140. The van der Waals surface area contributed by atoms with E-state index >= 15 is 0 Å². The fourth-order valence-corrected chi connectivity index (χ4v) is 5.98. The summed E-state index contributed by atoms with van der Waals surface area (Å²) in [6.07, 6.45) is 1.31. The van der Waals surface area contributed by atoms with E-state index in [1.54, 1.807) is 4.90 Å². The highest BCUT2D eigenvalue weighted by atomic mass is 32.2. The smallest absolute Gasteiger partial charge is 0.338 e. The number of carbonyl (C=O) groups is 2. The summed E-state index contributed by atoms with van der Waals surface area (Å²) in [6.45, 7) is 4.29. The molecule has 2 aromatic carbocycles. The summed E-state index contributed by atoms with van der Waals surface area (Å²) in [4.78, 5) is 27.0. The number of anilines is 1. The number of hydrogen-bond acceptors (Lipinski definition) is 6. The topological polar surface area (TPSA) is 93.2 Å². The lowest BCUT2D eigenvalue weighted by atomic mass is 10.0. The third kappa shape index (κ3) is 5.10. The van der Waals surface area contributed by atoms with Crippen molar-refractivity contribution in [2.75, 3.05) is 31.1 Å². The highest BCUT2D eigenvalue weighted by molar-refractivity contribution is 7.89. The first-order valence-corrected chi connectivity index (χ1v) is 12.5. The fraction of sp³-hybridized carbons (Fsp3) is 0.417. The molecule has 0 unspecified atom stereocenters. The van der Waals surface area contributed by atoms with Crippen molar-refractivity contribution in [3.8, 4) is 0 Å². The van der Waals surface area contributed by atoms with Gasteiger partial charge in [0.1, 0.15) is 0 Å². The van der Waals surface area contributed by atoms with Crippen LogP contribution in [0.5, 0.6) is 0 Å². The number of ether oxygens (including phenoxy) is 2. The minimum Gasteiger partial charge on any atom is -0.452 e. The Hall–Kier alpha value is -2.75. The van der Waals surface area contributed by atoms with Crippen LogP contribution >= 0.6 is 0 Å². The standard InChI is InChI=1S/C24H28N2O6S/c1-17-14-25(15-18(2)32-17)33(29,30)21-10-5-8-20(13-21)24(28)31-16-23(27)26-12-6-9-19-7-3-4-11-22(19)26/h3-5,7-8,10-11,13,17-18H,6,9,12,14-16H2,1-2H3/t17-,18+. The van der Waals surface area contributed by atoms with Crippen LogP contribution in [-0.4, -0.2) is 63.0 Å². The van der Waals surface area contributed by atoms with Crippen LogP contribution in [0.4, 0.5) is 5.69 Å². The van der Waals surface area contributed by atoms with Crippen molar-refractivity contribution in [1.29, 1.82) is 0 Å². The molecule has 0 bridgehead atoms. The molecule has 176 valence electrons. The van der Waals surface area contributed by atoms with Gasteiger partial charge in [-0.3, -0.25) is 4.79 Å². The highest BCUT2D eigenvalue weighted by Gasteiger charge is 2.32. The van der Waals surface area contributed by atoms with Gasteiger partial charge in [0.05, 0.1) is 22.7 Å². The van der Waals surface area contributed by atoms with E-state index < -0.39 is 22.6 Å². The van der Waals surface area contributed by atoms with Crippen molar-refractivity contribution in [3.05, 3.63) is 59.7 Å². The minimum atomic E-state index is -3.80. The van der Waals surface area contributed by atoms with Crippen molar-refractivity contribution >= 4 is 27.6 Å². The van der Waals surface area contributed by atoms with Gasteiger partial charge in [0.2, 0.25) is 10.0 Å². The van der Waals surface area contributed by atoms with E-state index in [0.717, 1.165) is 24.1 Å². The average molecular weight is 473 g/mol. The van der Waals surface area contributed by atoms with Gasteiger partial charge in [0.15, 0.2) is 6.61 Å². The van der Waals surface area contributed by atoms with E-state index in [9.17, 15) is 18.0 Å². The molecule has 2 atom stereocenters. The zero-order chi connectivity index (χ0) is 23.6. The van der Waals surface area contributed by atoms with Gasteiger partial charge in [-0.05, 0) is 56.5 Å². The number of sulfonamides is 1. The van der Waals surface area contributed by atoms with Crippen LogP contribution in [0, 0.1) is 0 Å². The SMILES string of the molecule is C[C@@H]1CN(S(=O)(=O)c2cccc(C(=O)OCC(=O)N3CCCc4ccccc43)c2)C[C@H](C)O1. The lowest BCUT2D eigenvalue weighted by Crippen LogP contribution is -2.48. The Labute approximate surface area is 194 Å². The Kier molecular flexibility index (Phi) is 6.83. The Morgan fingerprint density at radius 1 is 1.06 bits per heavy atom. The number of hydrogen-bond donors (Lipinski definition) is 0. The molecule has 0 aromatic heterocycles. The van der Waals surface area contributed by atoms with Crippen LogP contribution < -0.4 is 4.90 Å². The number of aryl methyl sites for hydroxylation is 1. The van der Waals surface area contributed by atoms with Crippen LogP contribution in [0.25, 0.3) is 0 Å². The second-order valence-corrected chi connectivity index (χ2v) is 10.4. The summed E-state index contributed by atoms with van der Waals surface area (Å²) >= 11 is 0. The molecule has 1 fully saturated rings. The second kappa shape index (κ2) is 9.62. The molecule has 9 heteroatoms. The third-order valence-electron chi connectivity index (χ3n) is 5.83. The maximum atomic E-state index is 13.1. The molecule has 2 aliphatic rings. The van der Waals surface area contributed by atoms with Gasteiger partial charge in [0, 0.05) is 25.3 Å². The summed E-state index contributed by atoms with van der Waals surface area (Å²) in [5, 5.41) is 0. The molecule has 0 radical (unpaired) electrons. The number of benzene rings is 2. The van der Waals surface area contributed by atoms with E-state index in [1.807, 2.05) is 38.1 Å². The van der Waals surface area contributed by atoms with E-state index in [-0.39, 0.29) is 41.7 Å². The van der Waals surface area contributed by atoms with Gasteiger partial charge in [-0.15, -0.1) is 0 Å². The van der Waals surface area contributed by atoms with Crippen molar-refractivity contribution in [2.24, 2.45) is 0 Å². The fourth-order valence-electron chi connectivity index (χ4n) is 4.34. The number of fused-ring (bicyclic) bond motifs is 1. The van der Waals surface area contributed by atoms with Crippen LogP contribution in [0.15, 0.2) is 53.4 Å². The maximum absolute atomic E-state index is 13.1. The quantitative estimate of drug-likeness (QED) is 0.621. The second-order valence-electron chi connectivity index (χ2n) is 8.46. The normalized spacial score (nSPS) is 21.3. The van der Waals surface area contributed by atoms with Crippen molar-refractivity contribution in [2.45, 2.75) is 43.8 Å². The Morgan fingerprint density at radius 2 is 1.79 bits per heavy atom. The van der Waals surface area contributed by atoms with Crippen molar-refractivity contribution in [1.82, 2.24) is 4.31 Å². The number of esters is 1. The predicted octanol–water partition coefficient (Wildman–Crippen LogP) is 2.62. The van der Waals surface area contributed by atoms with Crippen LogP contribution in [0.2, 0.25) is 0 Å². The summed E-state index contributed by atoms with van der Waals surface area (Å²) in [5.41, 5.74) is 2.01. The molecule has 0 spiro atoms. The van der Waals surface area contributed by atoms with E-state index in [1.165, 1.54) is 28.6 Å². The molecule has 2 aliphatic heterocycles. The molecule has 2 heterocycles. The van der Waals surface area contributed by atoms with Gasteiger partial charge in [-0.2, -0.15) is 4.31 Å². The number of carbonyl (C=O) groups excluding carboxylic acids is 2. The molecular formula is C24H28N2O6S. The first-order valence-electron chi connectivity index (χ1n) is 11.1. The van der Waals surface area contributed by atoms with Crippen LogP contribution in [0.1, 0.15) is 36.2 Å². The summed E-state index contributed by atoms with van der Waals surface area (Å²) in [6, 6.07) is 13.4. The van der Waals surface area contributed by atoms with Gasteiger partial charge < -0.3 is 14.4 Å². The summed E-state index contributed by atoms with van der Waals surface area (Å²) in [7, 11) is -3.80. The number of amides is 1. The number of morpholine rings is 1. The number of rotatable bonds is 5. The summed E-state index contributed by atoms with van der Waals surface area (Å²) in [5.74, 6) is -1.05. The molecule has 33 heavy (non-hydrogen) atoms. The number of para-hydroxylation sites is 1. The molecule has 1 amide bonds. The van der Waals surface area contributed by atoms with Gasteiger partial charge in [-0.1, -0.05) is 24.3 Å². The zero-order valence-corrected chi connectivity index (χ0v) is 19.6. The molecule has 0 aliphatic carbocycles. The lowest BCUT2D eigenvalue weighted by Gasteiger charge is -2.34. The van der Waals surface area contributed by atoms with E-state index in [2.05, 4.69) is 0 Å². The summed E-state index contributed by atoms with van der Waals surface area (Å²) < 4.78 is 38.4. The molecular weight excluding hydrogens is 444 g/mol. The van der Waals surface area contributed by atoms with Crippen LogP contribution in [0.3, 0.4) is 0 Å². The average Bonchev–Trinajstić information content (AvgIpc) is 2.81. The van der Waals surface area contributed by atoms with E-state index in [0.29, 0.717) is 6.54 Å². The largest absolute Gasteiger partial charge is 0.452 e. The molecule has 0 saturated carbocycles. The first kappa shape index (κ1) is 23.4. The Balaban J connectivity index is 1.44. The van der Waals surface area contributed by atoms with Crippen LogP contribution in [-0.2, 0) is 30.7 Å². The maximum Gasteiger partial charge on any atom is 0.338 e. The van der Waals surface area contributed by atoms with Gasteiger partial charge in [-0.25, -0.2) is 13.2 Å². The molecule has 1 saturated heterocycles. The first-order chi connectivity index (χ1) is 15.8. The lowest BCUT2D eigenvalue weighted by molar-refractivity contribution is -0.121. The van der Waals surface area contributed by atoms with E-state index in [4.69, 9.17) is 9.47 Å². The zero-order valence-electron chi connectivity index (χ0n) is 18.8. The van der Waals surface area contributed by atoms with Crippen molar-refractivity contribution < 1.29 is 27.5 Å². The predicted molar refractivity (Wildman–Crippen MR) is 123 cm³/mol. The molecule has 8 nitrogen and oxygen atoms in total. The monoisotopic (exact) mass is 472 g/mol. The Morgan fingerprint density at radius 3 is 2.55 bits per heavy atom. The molecule has 0 N–H and O–H groups in total. The molecule has 4 rings (SSSR count). The third-order valence-corrected chi connectivity index (χ3v) is 7.66. The van der Waals surface area contributed by atoms with Crippen molar-refractivity contribution in [3.63, 3.8) is 0 Å². The van der Waals surface area contributed by atoms with Gasteiger partial charge >= 0.3 is 5.97 Å². The van der Waals surface area contributed by atoms with Gasteiger partial charge in [0.25, 0.3) is 5.91 Å². The highest BCUT2D eigenvalue weighted by Crippen LogP contribution is 2.27. The molecule has 2 aromatic rings. The minimum absolute atomic E-state index is 0.00883.